The number of hydrogen-bond donors (Lipinski definition) is 1. The largest absolute Gasteiger partial charge is 0.391 e. The molecule has 24 heavy (non-hydrogen) atoms. The third-order valence-corrected chi connectivity index (χ3v) is 4.84. The van der Waals surface area contributed by atoms with Gasteiger partial charge in [-0.1, -0.05) is 12.1 Å². The summed E-state index contributed by atoms with van der Waals surface area (Å²) >= 11 is 0. The van der Waals surface area contributed by atoms with Gasteiger partial charge in [0.1, 0.15) is 5.82 Å². The van der Waals surface area contributed by atoms with Gasteiger partial charge in [0, 0.05) is 24.8 Å². The van der Waals surface area contributed by atoms with Gasteiger partial charge in [-0.25, -0.2) is 4.39 Å². The number of aliphatic hydroxyl groups is 1. The van der Waals surface area contributed by atoms with Crippen LogP contribution in [0.2, 0.25) is 0 Å². The second-order valence-electron chi connectivity index (χ2n) is 6.45. The van der Waals surface area contributed by atoms with E-state index in [1.807, 2.05) is 20.9 Å². The molecule has 2 aromatic rings. The maximum Gasteiger partial charge on any atom is 0.227 e. The zero-order valence-corrected chi connectivity index (χ0v) is 14.2. The zero-order chi connectivity index (χ0) is 17.4. The lowest BCUT2D eigenvalue weighted by Crippen LogP contribution is -2.33. The van der Waals surface area contributed by atoms with Crippen molar-refractivity contribution in [2.45, 2.75) is 38.8 Å². The van der Waals surface area contributed by atoms with Gasteiger partial charge in [-0.2, -0.15) is 5.10 Å². The summed E-state index contributed by atoms with van der Waals surface area (Å²) in [4.78, 5) is 14.5. The molecular weight excluding hydrogens is 309 g/mol. The molecule has 5 nitrogen and oxygen atoms in total. The molecule has 0 radical (unpaired) electrons. The smallest absolute Gasteiger partial charge is 0.227 e. The lowest BCUT2D eigenvalue weighted by atomic mass is 10.0. The Morgan fingerprint density at radius 2 is 2.00 bits per heavy atom. The fraction of sp³-hybridized carbons (Fsp3) is 0.444. The first kappa shape index (κ1) is 16.6. The van der Waals surface area contributed by atoms with E-state index < -0.39 is 6.10 Å². The van der Waals surface area contributed by atoms with Crippen molar-refractivity contribution in [3.8, 4) is 0 Å². The zero-order valence-electron chi connectivity index (χ0n) is 14.2. The summed E-state index contributed by atoms with van der Waals surface area (Å²) in [5.74, 6) is -0.350. The summed E-state index contributed by atoms with van der Waals surface area (Å²) in [6.45, 7) is 4.14. The van der Waals surface area contributed by atoms with Crippen LogP contribution in [-0.4, -0.2) is 38.3 Å². The quantitative estimate of drug-likeness (QED) is 0.936. The van der Waals surface area contributed by atoms with Crippen LogP contribution in [0.4, 0.5) is 4.39 Å². The minimum absolute atomic E-state index is 0.0416. The molecule has 1 N–H and O–H groups in total. The standard InChI is InChI=1S/C18H22FN3O2/c1-11-16(12(2)21(3)20-11)9-18(24)22-10-15(23)8-17(22)13-4-6-14(19)7-5-13/h4-7,15,17,23H,8-10H2,1-3H3/t15-,17+/m0/s1. The number of aliphatic hydroxyl groups excluding tert-OH is 1. The Hall–Kier alpha value is -2.21. The van der Waals surface area contributed by atoms with Gasteiger partial charge in [0.05, 0.1) is 24.3 Å². The molecule has 0 spiro atoms. The number of likely N-dealkylation sites (tertiary alicyclic amines) is 1. The molecule has 1 aliphatic heterocycles. The highest BCUT2D eigenvalue weighted by Crippen LogP contribution is 2.33. The molecule has 2 atom stereocenters. The molecule has 0 saturated carbocycles. The summed E-state index contributed by atoms with van der Waals surface area (Å²) in [7, 11) is 1.86. The maximum atomic E-state index is 13.1. The van der Waals surface area contributed by atoms with Crippen LogP contribution < -0.4 is 0 Å². The SMILES string of the molecule is Cc1nn(C)c(C)c1CC(=O)N1C[C@@H](O)C[C@@H]1c1ccc(F)cc1. The normalized spacial score (nSPS) is 20.6. The predicted molar refractivity (Wildman–Crippen MR) is 87.9 cm³/mol. The number of aromatic nitrogens is 2. The van der Waals surface area contributed by atoms with E-state index in [0.29, 0.717) is 13.0 Å². The van der Waals surface area contributed by atoms with E-state index in [1.165, 1.54) is 12.1 Å². The van der Waals surface area contributed by atoms with Crippen molar-refractivity contribution >= 4 is 5.91 Å². The number of benzene rings is 1. The monoisotopic (exact) mass is 331 g/mol. The summed E-state index contributed by atoms with van der Waals surface area (Å²) in [6, 6.07) is 5.92. The van der Waals surface area contributed by atoms with E-state index in [4.69, 9.17) is 0 Å². The molecular formula is C18H22FN3O2. The van der Waals surface area contributed by atoms with Gasteiger partial charge in [0.15, 0.2) is 0 Å². The number of hydrogen-bond acceptors (Lipinski definition) is 3. The number of carbonyl (C=O) groups excluding carboxylic acids is 1. The van der Waals surface area contributed by atoms with Crippen LogP contribution >= 0.6 is 0 Å². The van der Waals surface area contributed by atoms with E-state index in [0.717, 1.165) is 22.5 Å². The van der Waals surface area contributed by atoms with Crippen molar-refractivity contribution in [2.24, 2.45) is 7.05 Å². The molecule has 0 bridgehead atoms. The topological polar surface area (TPSA) is 58.4 Å². The average Bonchev–Trinajstić information content (AvgIpc) is 3.03. The van der Waals surface area contributed by atoms with Gasteiger partial charge in [0.25, 0.3) is 0 Å². The molecule has 6 heteroatoms. The van der Waals surface area contributed by atoms with Crippen LogP contribution in [-0.2, 0) is 18.3 Å². The molecule has 0 unspecified atom stereocenters. The Balaban J connectivity index is 1.83. The number of rotatable bonds is 3. The fourth-order valence-electron chi connectivity index (χ4n) is 3.42. The number of nitrogens with zero attached hydrogens (tertiary/aromatic N) is 3. The van der Waals surface area contributed by atoms with E-state index in [9.17, 15) is 14.3 Å². The van der Waals surface area contributed by atoms with E-state index in [1.54, 1.807) is 21.7 Å². The van der Waals surface area contributed by atoms with E-state index in [-0.39, 0.29) is 24.2 Å². The molecule has 2 heterocycles. The van der Waals surface area contributed by atoms with E-state index in [2.05, 4.69) is 5.10 Å². The van der Waals surface area contributed by atoms with Crippen molar-refractivity contribution in [3.63, 3.8) is 0 Å². The lowest BCUT2D eigenvalue weighted by Gasteiger charge is -2.25. The van der Waals surface area contributed by atoms with Crippen LogP contribution in [0.15, 0.2) is 24.3 Å². The number of halogens is 1. The minimum Gasteiger partial charge on any atom is -0.391 e. The molecule has 1 aliphatic rings. The second kappa shape index (κ2) is 6.36. The Labute approximate surface area is 140 Å². The van der Waals surface area contributed by atoms with Crippen molar-refractivity contribution in [2.75, 3.05) is 6.54 Å². The highest BCUT2D eigenvalue weighted by atomic mass is 19.1. The molecule has 0 aliphatic carbocycles. The molecule has 3 rings (SSSR count). The Morgan fingerprint density at radius 1 is 1.33 bits per heavy atom. The van der Waals surface area contributed by atoms with Crippen molar-refractivity contribution < 1.29 is 14.3 Å². The van der Waals surface area contributed by atoms with Gasteiger partial charge in [-0.3, -0.25) is 9.48 Å². The highest BCUT2D eigenvalue weighted by molar-refractivity contribution is 5.80. The number of amides is 1. The second-order valence-corrected chi connectivity index (χ2v) is 6.45. The number of β-amino-alcohol motifs (C(OH)–C–C–N with tert-alkyl or cyclic N) is 1. The molecule has 1 aromatic carbocycles. The summed E-state index contributed by atoms with van der Waals surface area (Å²) in [5.41, 5.74) is 3.60. The van der Waals surface area contributed by atoms with Gasteiger partial charge < -0.3 is 10.0 Å². The van der Waals surface area contributed by atoms with Gasteiger partial charge in [0.2, 0.25) is 5.91 Å². The van der Waals surface area contributed by atoms with Crippen LogP contribution in [0.3, 0.4) is 0 Å². The minimum atomic E-state index is -0.555. The lowest BCUT2D eigenvalue weighted by molar-refractivity contribution is -0.131. The molecule has 1 amide bonds. The first-order valence-electron chi connectivity index (χ1n) is 8.09. The van der Waals surface area contributed by atoms with Gasteiger partial charge in [-0.05, 0) is 38.0 Å². The van der Waals surface area contributed by atoms with E-state index >= 15 is 0 Å². The molecule has 1 fully saturated rings. The third-order valence-electron chi connectivity index (χ3n) is 4.84. The Kier molecular flexibility index (Phi) is 4.41. The van der Waals surface area contributed by atoms with Crippen LogP contribution in [0.5, 0.6) is 0 Å². The fourth-order valence-corrected chi connectivity index (χ4v) is 3.42. The van der Waals surface area contributed by atoms with Crippen LogP contribution in [0, 0.1) is 19.7 Å². The third kappa shape index (κ3) is 3.06. The summed E-state index contributed by atoms with van der Waals surface area (Å²) in [5, 5.41) is 14.4. The molecule has 128 valence electrons. The Bertz CT molecular complexity index is 754. The molecule has 1 aromatic heterocycles. The summed E-state index contributed by atoms with van der Waals surface area (Å²) < 4.78 is 14.9. The van der Waals surface area contributed by atoms with Crippen molar-refractivity contribution in [3.05, 3.63) is 52.6 Å². The highest BCUT2D eigenvalue weighted by Gasteiger charge is 2.35. The maximum absolute atomic E-state index is 13.1. The van der Waals surface area contributed by atoms with Crippen LogP contribution in [0.25, 0.3) is 0 Å². The van der Waals surface area contributed by atoms with Gasteiger partial charge >= 0.3 is 0 Å². The number of aryl methyl sites for hydroxylation is 2. The predicted octanol–water partition coefficient (Wildman–Crippen LogP) is 2.05. The van der Waals surface area contributed by atoms with Crippen molar-refractivity contribution in [1.82, 2.24) is 14.7 Å². The van der Waals surface area contributed by atoms with Gasteiger partial charge in [-0.15, -0.1) is 0 Å². The first-order valence-corrected chi connectivity index (χ1v) is 8.09. The number of carbonyl (C=O) groups is 1. The van der Waals surface area contributed by atoms with Crippen molar-refractivity contribution in [1.29, 1.82) is 0 Å². The summed E-state index contributed by atoms with van der Waals surface area (Å²) in [6.07, 6.45) is 0.179. The Morgan fingerprint density at radius 3 is 2.58 bits per heavy atom. The first-order chi connectivity index (χ1) is 11.4. The molecule has 1 saturated heterocycles. The average molecular weight is 331 g/mol. The van der Waals surface area contributed by atoms with Crippen LogP contribution in [0.1, 0.15) is 35.0 Å².